The van der Waals surface area contributed by atoms with Crippen molar-refractivity contribution < 1.29 is 4.79 Å². The number of rotatable bonds is 6. The standard InChI is InChI=1S/C15H23N3OS/c1-2-18-9-7-12(8-10-18)17-13-5-3-4-6-14(13)20-11-15(16)19/h3-6,12,17H,2,7-11H2,1H3,(H2,16,19). The summed E-state index contributed by atoms with van der Waals surface area (Å²) in [6, 6.07) is 8.66. The van der Waals surface area contributed by atoms with Crippen LogP contribution in [0.15, 0.2) is 29.2 Å². The zero-order chi connectivity index (χ0) is 14.4. The molecule has 0 aromatic heterocycles. The third-order valence-corrected chi connectivity index (χ3v) is 4.75. The quantitative estimate of drug-likeness (QED) is 0.789. The van der Waals surface area contributed by atoms with Crippen molar-refractivity contribution in [3.05, 3.63) is 24.3 Å². The van der Waals surface area contributed by atoms with Crippen LogP contribution in [0.4, 0.5) is 5.69 Å². The molecule has 3 N–H and O–H groups in total. The van der Waals surface area contributed by atoms with Gasteiger partial charge in [0, 0.05) is 29.7 Å². The first-order chi connectivity index (χ1) is 9.69. The summed E-state index contributed by atoms with van der Waals surface area (Å²) in [5.74, 6) is 0.0496. The molecule has 1 fully saturated rings. The van der Waals surface area contributed by atoms with Crippen molar-refractivity contribution in [3.63, 3.8) is 0 Å². The van der Waals surface area contributed by atoms with E-state index in [2.05, 4.69) is 23.2 Å². The Kier molecular flexibility index (Phi) is 5.73. The van der Waals surface area contributed by atoms with Crippen LogP contribution in [0.25, 0.3) is 0 Å². The highest BCUT2D eigenvalue weighted by Crippen LogP contribution is 2.28. The fraction of sp³-hybridized carbons (Fsp3) is 0.533. The number of carbonyl (C=O) groups is 1. The van der Waals surface area contributed by atoms with Crippen molar-refractivity contribution >= 4 is 23.4 Å². The third kappa shape index (κ3) is 4.42. The molecule has 0 bridgehead atoms. The van der Waals surface area contributed by atoms with Crippen LogP contribution in [-0.2, 0) is 4.79 Å². The molecule has 0 radical (unpaired) electrons. The fourth-order valence-electron chi connectivity index (χ4n) is 2.47. The molecule has 0 saturated carbocycles. The van der Waals surface area contributed by atoms with Crippen molar-refractivity contribution in [1.29, 1.82) is 0 Å². The molecule has 0 atom stereocenters. The number of anilines is 1. The SMILES string of the molecule is CCN1CCC(Nc2ccccc2SCC(N)=O)CC1. The number of piperidine rings is 1. The lowest BCUT2D eigenvalue weighted by Crippen LogP contribution is -2.38. The van der Waals surface area contributed by atoms with Gasteiger partial charge in [-0.2, -0.15) is 0 Å². The van der Waals surface area contributed by atoms with Gasteiger partial charge in [0.25, 0.3) is 0 Å². The summed E-state index contributed by atoms with van der Waals surface area (Å²) in [5.41, 5.74) is 6.34. The van der Waals surface area contributed by atoms with Gasteiger partial charge in [0.05, 0.1) is 5.75 Å². The number of primary amides is 1. The number of para-hydroxylation sites is 1. The minimum atomic E-state index is -0.277. The van der Waals surface area contributed by atoms with E-state index in [0.717, 1.165) is 30.2 Å². The Labute approximate surface area is 125 Å². The highest BCUT2D eigenvalue weighted by Gasteiger charge is 2.18. The Morgan fingerprint density at radius 1 is 1.40 bits per heavy atom. The number of nitrogens with one attached hydrogen (secondary N) is 1. The van der Waals surface area contributed by atoms with Crippen molar-refractivity contribution in [3.8, 4) is 0 Å². The number of benzene rings is 1. The predicted molar refractivity (Wildman–Crippen MR) is 85.1 cm³/mol. The number of nitrogens with zero attached hydrogens (tertiary/aromatic N) is 1. The molecule has 20 heavy (non-hydrogen) atoms. The summed E-state index contributed by atoms with van der Waals surface area (Å²) in [5, 5.41) is 3.62. The van der Waals surface area contributed by atoms with Crippen LogP contribution in [-0.4, -0.2) is 42.2 Å². The van der Waals surface area contributed by atoms with Crippen LogP contribution in [0.1, 0.15) is 19.8 Å². The predicted octanol–water partition coefficient (Wildman–Crippen LogP) is 2.16. The van der Waals surface area contributed by atoms with Gasteiger partial charge in [-0.1, -0.05) is 19.1 Å². The molecule has 0 unspecified atom stereocenters. The minimum Gasteiger partial charge on any atom is -0.381 e. The number of hydrogen-bond donors (Lipinski definition) is 2. The fourth-order valence-corrected chi connectivity index (χ4v) is 3.23. The molecular formula is C15H23N3OS. The van der Waals surface area contributed by atoms with E-state index in [1.54, 1.807) is 0 Å². The zero-order valence-corrected chi connectivity index (χ0v) is 12.8. The van der Waals surface area contributed by atoms with E-state index in [1.165, 1.54) is 24.6 Å². The van der Waals surface area contributed by atoms with E-state index < -0.39 is 0 Å². The highest BCUT2D eigenvalue weighted by molar-refractivity contribution is 8.00. The molecule has 1 aromatic carbocycles. The van der Waals surface area contributed by atoms with Gasteiger partial charge in [0.1, 0.15) is 0 Å². The Morgan fingerprint density at radius 2 is 2.10 bits per heavy atom. The molecule has 1 aliphatic heterocycles. The van der Waals surface area contributed by atoms with Gasteiger partial charge < -0.3 is 16.0 Å². The molecule has 0 aliphatic carbocycles. The Balaban J connectivity index is 1.93. The van der Waals surface area contributed by atoms with Crippen LogP contribution >= 0.6 is 11.8 Å². The molecule has 0 spiro atoms. The lowest BCUT2D eigenvalue weighted by Gasteiger charge is -2.32. The molecular weight excluding hydrogens is 270 g/mol. The van der Waals surface area contributed by atoms with Crippen molar-refractivity contribution in [2.45, 2.75) is 30.7 Å². The van der Waals surface area contributed by atoms with Crippen molar-refractivity contribution in [2.75, 3.05) is 30.7 Å². The molecule has 5 heteroatoms. The number of likely N-dealkylation sites (tertiary alicyclic amines) is 1. The van der Waals surface area contributed by atoms with Gasteiger partial charge in [0.2, 0.25) is 5.91 Å². The van der Waals surface area contributed by atoms with Gasteiger partial charge in [-0.3, -0.25) is 4.79 Å². The van der Waals surface area contributed by atoms with Crippen LogP contribution in [0.3, 0.4) is 0 Å². The van der Waals surface area contributed by atoms with E-state index in [4.69, 9.17) is 5.73 Å². The molecule has 2 rings (SSSR count). The van der Waals surface area contributed by atoms with Gasteiger partial charge in [0.15, 0.2) is 0 Å². The third-order valence-electron chi connectivity index (χ3n) is 3.65. The second-order valence-corrected chi connectivity index (χ2v) is 6.12. The molecule has 1 aromatic rings. The largest absolute Gasteiger partial charge is 0.381 e. The molecule has 1 heterocycles. The highest BCUT2D eigenvalue weighted by atomic mass is 32.2. The molecule has 1 saturated heterocycles. The second kappa shape index (κ2) is 7.55. The van der Waals surface area contributed by atoms with Gasteiger partial charge >= 0.3 is 0 Å². The smallest absolute Gasteiger partial charge is 0.227 e. The van der Waals surface area contributed by atoms with Crippen LogP contribution in [0.5, 0.6) is 0 Å². The van der Waals surface area contributed by atoms with E-state index in [1.807, 2.05) is 18.2 Å². The molecule has 4 nitrogen and oxygen atoms in total. The summed E-state index contributed by atoms with van der Waals surface area (Å²) < 4.78 is 0. The topological polar surface area (TPSA) is 58.4 Å². The summed E-state index contributed by atoms with van der Waals surface area (Å²) in [6.07, 6.45) is 2.34. The van der Waals surface area contributed by atoms with E-state index in [0.29, 0.717) is 11.8 Å². The maximum absolute atomic E-state index is 10.9. The molecule has 110 valence electrons. The van der Waals surface area contributed by atoms with E-state index in [9.17, 15) is 4.79 Å². The maximum Gasteiger partial charge on any atom is 0.227 e. The van der Waals surface area contributed by atoms with Crippen molar-refractivity contribution in [2.24, 2.45) is 5.73 Å². The minimum absolute atomic E-state index is 0.277. The summed E-state index contributed by atoms with van der Waals surface area (Å²) in [4.78, 5) is 14.5. The number of hydrogen-bond acceptors (Lipinski definition) is 4. The van der Waals surface area contributed by atoms with E-state index in [-0.39, 0.29) is 5.91 Å². The molecule has 1 aliphatic rings. The average Bonchev–Trinajstić information content (AvgIpc) is 2.47. The summed E-state index contributed by atoms with van der Waals surface area (Å²) >= 11 is 1.50. The van der Waals surface area contributed by atoms with Gasteiger partial charge in [-0.25, -0.2) is 0 Å². The average molecular weight is 293 g/mol. The van der Waals surface area contributed by atoms with Crippen LogP contribution < -0.4 is 11.1 Å². The number of nitrogens with two attached hydrogens (primary N) is 1. The molecule has 1 amide bonds. The monoisotopic (exact) mass is 293 g/mol. The van der Waals surface area contributed by atoms with Crippen LogP contribution in [0, 0.1) is 0 Å². The first-order valence-electron chi connectivity index (χ1n) is 7.18. The normalized spacial score (nSPS) is 17.1. The number of carbonyl (C=O) groups excluding carboxylic acids is 1. The van der Waals surface area contributed by atoms with Gasteiger partial charge in [-0.15, -0.1) is 11.8 Å². The first kappa shape index (κ1) is 15.2. The Morgan fingerprint density at radius 3 is 2.75 bits per heavy atom. The first-order valence-corrected chi connectivity index (χ1v) is 8.16. The second-order valence-electron chi connectivity index (χ2n) is 5.10. The summed E-state index contributed by atoms with van der Waals surface area (Å²) in [6.45, 7) is 5.66. The Bertz CT molecular complexity index is 444. The Hall–Kier alpha value is -1.20. The van der Waals surface area contributed by atoms with Crippen LogP contribution in [0.2, 0.25) is 0 Å². The number of amides is 1. The van der Waals surface area contributed by atoms with Crippen molar-refractivity contribution in [1.82, 2.24) is 4.90 Å². The lowest BCUT2D eigenvalue weighted by molar-refractivity contribution is -0.115. The van der Waals surface area contributed by atoms with Gasteiger partial charge in [-0.05, 0) is 31.5 Å². The number of thioether (sulfide) groups is 1. The maximum atomic E-state index is 10.9. The van der Waals surface area contributed by atoms with E-state index >= 15 is 0 Å². The zero-order valence-electron chi connectivity index (χ0n) is 12.0. The summed E-state index contributed by atoms with van der Waals surface area (Å²) in [7, 11) is 0. The lowest BCUT2D eigenvalue weighted by atomic mass is 10.0.